The molecule has 1 saturated carbocycles. The highest BCUT2D eigenvalue weighted by Gasteiger charge is 2.27. The van der Waals surface area contributed by atoms with Gasteiger partial charge in [0.05, 0.1) is 0 Å². The molecule has 1 rings (SSSR count). The molecule has 0 aromatic heterocycles. The van der Waals surface area contributed by atoms with Crippen molar-refractivity contribution in [1.82, 2.24) is 5.32 Å². The number of hydrogen-bond donors (Lipinski definition) is 3. The number of aliphatic hydroxyl groups excluding tert-OH is 1. The predicted molar refractivity (Wildman–Crippen MR) is 68.4 cm³/mol. The number of carbonyl (C=O) groups excluding carboxylic acids is 1. The summed E-state index contributed by atoms with van der Waals surface area (Å²) in [5.41, 5.74) is 5.80. The van der Waals surface area contributed by atoms with Crippen molar-refractivity contribution in [2.45, 2.75) is 51.5 Å². The van der Waals surface area contributed by atoms with Crippen LogP contribution in [0, 0.1) is 11.8 Å². The fourth-order valence-corrected chi connectivity index (χ4v) is 2.58. The first-order valence-corrected chi connectivity index (χ1v) is 6.81. The Balaban J connectivity index is 2.25. The van der Waals surface area contributed by atoms with E-state index >= 15 is 0 Å². The first-order chi connectivity index (χ1) is 8.17. The summed E-state index contributed by atoms with van der Waals surface area (Å²) < 4.78 is 0. The zero-order valence-electron chi connectivity index (χ0n) is 10.8. The van der Waals surface area contributed by atoms with Crippen molar-refractivity contribution in [3.63, 3.8) is 0 Å². The summed E-state index contributed by atoms with van der Waals surface area (Å²) in [5, 5.41) is 12.0. The monoisotopic (exact) mass is 242 g/mol. The Morgan fingerprint density at radius 1 is 1.47 bits per heavy atom. The summed E-state index contributed by atoms with van der Waals surface area (Å²) in [5.74, 6) is 0.669. The third-order valence-electron chi connectivity index (χ3n) is 3.64. The van der Waals surface area contributed by atoms with Crippen LogP contribution in [-0.2, 0) is 4.79 Å². The minimum Gasteiger partial charge on any atom is -0.396 e. The number of aliphatic hydroxyl groups is 1. The number of rotatable bonds is 7. The van der Waals surface area contributed by atoms with E-state index in [9.17, 15) is 4.79 Å². The lowest BCUT2D eigenvalue weighted by atomic mass is 9.99. The summed E-state index contributed by atoms with van der Waals surface area (Å²) in [6, 6.07) is 0.203. The summed E-state index contributed by atoms with van der Waals surface area (Å²) in [7, 11) is 0. The molecule has 0 aromatic carbocycles. The molecule has 0 aliphatic heterocycles. The van der Waals surface area contributed by atoms with Gasteiger partial charge in [-0.05, 0) is 38.0 Å². The number of carbonyl (C=O) groups is 1. The van der Waals surface area contributed by atoms with Crippen LogP contribution >= 0.6 is 0 Å². The van der Waals surface area contributed by atoms with Crippen LogP contribution in [0.4, 0.5) is 0 Å². The first-order valence-electron chi connectivity index (χ1n) is 6.81. The highest BCUT2D eigenvalue weighted by molar-refractivity contribution is 5.78. The largest absolute Gasteiger partial charge is 0.396 e. The van der Waals surface area contributed by atoms with Crippen molar-refractivity contribution >= 4 is 5.91 Å². The highest BCUT2D eigenvalue weighted by atomic mass is 16.3. The van der Waals surface area contributed by atoms with Gasteiger partial charge in [0.25, 0.3) is 0 Å². The molecule has 0 saturated heterocycles. The van der Waals surface area contributed by atoms with Gasteiger partial charge >= 0.3 is 0 Å². The summed E-state index contributed by atoms with van der Waals surface area (Å²) in [6.45, 7) is 3.02. The van der Waals surface area contributed by atoms with E-state index in [1.54, 1.807) is 0 Å². The molecule has 100 valence electrons. The van der Waals surface area contributed by atoms with Gasteiger partial charge in [-0.3, -0.25) is 4.79 Å². The lowest BCUT2D eigenvalue weighted by Crippen LogP contribution is -2.34. The maximum atomic E-state index is 11.9. The van der Waals surface area contributed by atoms with Crippen molar-refractivity contribution in [1.29, 1.82) is 0 Å². The Morgan fingerprint density at radius 2 is 2.24 bits per heavy atom. The summed E-state index contributed by atoms with van der Waals surface area (Å²) in [6.07, 6.45) is 5.64. The first kappa shape index (κ1) is 14.5. The minimum atomic E-state index is 0.112. The van der Waals surface area contributed by atoms with Crippen molar-refractivity contribution in [3.05, 3.63) is 0 Å². The second kappa shape index (κ2) is 7.67. The second-order valence-corrected chi connectivity index (χ2v) is 5.18. The zero-order chi connectivity index (χ0) is 12.7. The van der Waals surface area contributed by atoms with E-state index in [0.717, 1.165) is 38.5 Å². The molecule has 0 bridgehead atoms. The SMILES string of the molecule is CCCC(CCO)CNC(=O)C1CCC(N)C1. The Bertz CT molecular complexity index is 227. The Kier molecular flexibility index (Phi) is 6.52. The topological polar surface area (TPSA) is 75.3 Å². The zero-order valence-corrected chi connectivity index (χ0v) is 10.8. The third kappa shape index (κ3) is 5.04. The molecule has 1 fully saturated rings. The lowest BCUT2D eigenvalue weighted by molar-refractivity contribution is -0.125. The number of nitrogens with one attached hydrogen (secondary N) is 1. The third-order valence-corrected chi connectivity index (χ3v) is 3.64. The number of amides is 1. The molecule has 4 heteroatoms. The Morgan fingerprint density at radius 3 is 2.76 bits per heavy atom. The molecule has 0 heterocycles. The standard InChI is InChI=1S/C13H26N2O2/c1-2-3-10(6-7-16)9-15-13(17)11-4-5-12(14)8-11/h10-12,16H,2-9,14H2,1H3,(H,15,17). The molecule has 3 atom stereocenters. The van der Waals surface area contributed by atoms with Crippen LogP contribution < -0.4 is 11.1 Å². The molecule has 4 nitrogen and oxygen atoms in total. The lowest BCUT2D eigenvalue weighted by Gasteiger charge is -2.17. The fraction of sp³-hybridized carbons (Fsp3) is 0.923. The molecular formula is C13H26N2O2. The number of hydrogen-bond acceptors (Lipinski definition) is 3. The van der Waals surface area contributed by atoms with Crippen LogP contribution in [0.2, 0.25) is 0 Å². The molecule has 4 N–H and O–H groups in total. The summed E-state index contributed by atoms with van der Waals surface area (Å²) >= 11 is 0. The number of nitrogens with two attached hydrogens (primary N) is 1. The maximum absolute atomic E-state index is 11.9. The van der Waals surface area contributed by atoms with Gasteiger partial charge < -0.3 is 16.2 Å². The van der Waals surface area contributed by atoms with Gasteiger partial charge in [0.15, 0.2) is 0 Å². The van der Waals surface area contributed by atoms with E-state index in [1.165, 1.54) is 0 Å². The molecule has 0 aromatic rings. The molecule has 17 heavy (non-hydrogen) atoms. The normalized spacial score (nSPS) is 25.8. The molecule has 1 aliphatic carbocycles. The quantitative estimate of drug-likeness (QED) is 0.624. The maximum Gasteiger partial charge on any atom is 0.223 e. The molecular weight excluding hydrogens is 216 g/mol. The van der Waals surface area contributed by atoms with Crippen LogP contribution in [0.25, 0.3) is 0 Å². The van der Waals surface area contributed by atoms with E-state index in [-0.39, 0.29) is 24.5 Å². The summed E-state index contributed by atoms with van der Waals surface area (Å²) in [4.78, 5) is 11.9. The van der Waals surface area contributed by atoms with Crippen LogP contribution in [-0.4, -0.2) is 30.2 Å². The average molecular weight is 242 g/mol. The van der Waals surface area contributed by atoms with Gasteiger partial charge in [-0.2, -0.15) is 0 Å². The predicted octanol–water partition coefficient (Wildman–Crippen LogP) is 1.03. The second-order valence-electron chi connectivity index (χ2n) is 5.18. The molecule has 0 radical (unpaired) electrons. The van der Waals surface area contributed by atoms with Crippen LogP contribution in [0.15, 0.2) is 0 Å². The Hall–Kier alpha value is -0.610. The van der Waals surface area contributed by atoms with Crippen LogP contribution in [0.3, 0.4) is 0 Å². The van der Waals surface area contributed by atoms with Crippen molar-refractivity contribution in [2.24, 2.45) is 17.6 Å². The van der Waals surface area contributed by atoms with Crippen molar-refractivity contribution < 1.29 is 9.90 Å². The van der Waals surface area contributed by atoms with Gasteiger partial charge in [0.2, 0.25) is 5.91 Å². The minimum absolute atomic E-state index is 0.112. The van der Waals surface area contributed by atoms with Gasteiger partial charge in [-0.15, -0.1) is 0 Å². The highest BCUT2D eigenvalue weighted by Crippen LogP contribution is 2.24. The van der Waals surface area contributed by atoms with E-state index in [0.29, 0.717) is 12.5 Å². The van der Waals surface area contributed by atoms with E-state index in [4.69, 9.17) is 10.8 Å². The van der Waals surface area contributed by atoms with Crippen LogP contribution in [0.1, 0.15) is 45.4 Å². The Labute approximate surface area is 104 Å². The molecule has 1 aliphatic rings. The van der Waals surface area contributed by atoms with Gasteiger partial charge in [0.1, 0.15) is 0 Å². The van der Waals surface area contributed by atoms with E-state index in [1.807, 2.05) is 0 Å². The fourth-order valence-electron chi connectivity index (χ4n) is 2.58. The van der Waals surface area contributed by atoms with Gasteiger partial charge in [0, 0.05) is 25.1 Å². The average Bonchev–Trinajstić information content (AvgIpc) is 2.73. The molecule has 3 unspecified atom stereocenters. The smallest absolute Gasteiger partial charge is 0.223 e. The van der Waals surface area contributed by atoms with Crippen molar-refractivity contribution in [2.75, 3.05) is 13.2 Å². The van der Waals surface area contributed by atoms with Gasteiger partial charge in [-0.25, -0.2) is 0 Å². The van der Waals surface area contributed by atoms with E-state index in [2.05, 4.69) is 12.2 Å². The van der Waals surface area contributed by atoms with E-state index < -0.39 is 0 Å². The molecule has 0 spiro atoms. The van der Waals surface area contributed by atoms with Crippen LogP contribution in [0.5, 0.6) is 0 Å². The van der Waals surface area contributed by atoms with Gasteiger partial charge in [-0.1, -0.05) is 13.3 Å². The molecule has 1 amide bonds. The van der Waals surface area contributed by atoms with Crippen molar-refractivity contribution in [3.8, 4) is 0 Å².